The maximum absolute atomic E-state index is 10.5. The highest BCUT2D eigenvalue weighted by molar-refractivity contribution is 7.11. The number of primary amides is 1. The first-order chi connectivity index (χ1) is 7.00. The minimum Gasteiger partial charge on any atom is -0.382 e. The summed E-state index contributed by atoms with van der Waals surface area (Å²) in [5, 5.41) is 13.0. The number of nitrogens with one attached hydrogen (secondary N) is 1. The maximum atomic E-state index is 10.5. The summed E-state index contributed by atoms with van der Waals surface area (Å²) in [5.41, 5.74) is 5.92. The molecule has 0 bridgehead atoms. The number of hydrogen-bond donors (Lipinski definition) is 3. The smallest absolute Gasteiger partial charge is 0.247 e. The predicted octanol–water partition coefficient (Wildman–Crippen LogP) is -0.304. The predicted molar refractivity (Wildman–Crippen MR) is 58.5 cm³/mol. The van der Waals surface area contributed by atoms with E-state index in [1.807, 2.05) is 13.8 Å². The van der Waals surface area contributed by atoms with Crippen molar-refractivity contribution in [1.29, 1.82) is 0 Å². The number of rotatable bonds is 5. The van der Waals surface area contributed by atoms with Crippen molar-refractivity contribution in [2.24, 2.45) is 5.73 Å². The Morgan fingerprint density at radius 1 is 1.67 bits per heavy atom. The average molecular weight is 229 g/mol. The summed E-state index contributed by atoms with van der Waals surface area (Å²) in [6, 6.07) is 0. The minimum atomic E-state index is -1.13. The fourth-order valence-corrected chi connectivity index (χ4v) is 1.93. The fourth-order valence-electron chi connectivity index (χ4n) is 1.03. The van der Waals surface area contributed by atoms with Gasteiger partial charge in [-0.05, 0) is 13.8 Å². The summed E-state index contributed by atoms with van der Waals surface area (Å²) in [7, 11) is 0. The highest BCUT2D eigenvalue weighted by atomic mass is 32.1. The number of aryl methyl sites for hydroxylation is 2. The van der Waals surface area contributed by atoms with Gasteiger partial charge in [-0.3, -0.25) is 4.79 Å². The molecule has 0 saturated heterocycles. The molecule has 1 aromatic rings. The molecular formula is C9H15N3O2S. The van der Waals surface area contributed by atoms with E-state index in [2.05, 4.69) is 10.3 Å². The van der Waals surface area contributed by atoms with Gasteiger partial charge in [0.05, 0.1) is 5.69 Å². The van der Waals surface area contributed by atoms with Crippen LogP contribution in [0.15, 0.2) is 0 Å². The van der Waals surface area contributed by atoms with Gasteiger partial charge in [0.1, 0.15) is 11.1 Å². The molecule has 0 aliphatic heterocycles. The zero-order valence-electron chi connectivity index (χ0n) is 8.78. The van der Waals surface area contributed by atoms with Crippen molar-refractivity contribution in [2.75, 3.05) is 6.54 Å². The van der Waals surface area contributed by atoms with Crippen molar-refractivity contribution >= 4 is 17.2 Å². The summed E-state index contributed by atoms with van der Waals surface area (Å²) in [6.45, 7) is 4.67. The van der Waals surface area contributed by atoms with Gasteiger partial charge >= 0.3 is 0 Å². The molecule has 0 saturated carbocycles. The van der Waals surface area contributed by atoms with Crippen LogP contribution in [0, 0.1) is 13.8 Å². The van der Waals surface area contributed by atoms with Crippen molar-refractivity contribution in [1.82, 2.24) is 10.3 Å². The first-order valence-corrected chi connectivity index (χ1v) is 5.43. The third kappa shape index (κ3) is 3.58. The van der Waals surface area contributed by atoms with Crippen LogP contribution >= 0.6 is 11.3 Å². The van der Waals surface area contributed by atoms with E-state index in [1.54, 1.807) is 11.3 Å². The molecule has 0 aliphatic rings. The number of hydrogen-bond acceptors (Lipinski definition) is 5. The average Bonchev–Trinajstić information content (AvgIpc) is 2.46. The molecule has 0 aliphatic carbocycles. The lowest BCUT2D eigenvalue weighted by atomic mass is 10.3. The molecule has 0 radical (unpaired) electrons. The number of nitrogens with zero attached hydrogens (tertiary/aromatic N) is 1. The molecule has 5 nitrogen and oxygen atoms in total. The van der Waals surface area contributed by atoms with Gasteiger partial charge < -0.3 is 16.2 Å². The van der Waals surface area contributed by atoms with Crippen molar-refractivity contribution in [3.8, 4) is 0 Å². The van der Waals surface area contributed by atoms with Gasteiger partial charge in [-0.25, -0.2) is 4.98 Å². The Morgan fingerprint density at radius 3 is 2.80 bits per heavy atom. The monoisotopic (exact) mass is 229 g/mol. The lowest BCUT2D eigenvalue weighted by Crippen LogP contribution is -2.37. The molecule has 1 rings (SSSR count). The molecule has 0 aromatic carbocycles. The molecule has 1 amide bonds. The second-order valence-electron chi connectivity index (χ2n) is 3.30. The number of carbonyl (C=O) groups is 1. The molecule has 15 heavy (non-hydrogen) atoms. The van der Waals surface area contributed by atoms with Crippen molar-refractivity contribution in [2.45, 2.75) is 26.5 Å². The highest BCUT2D eigenvalue weighted by Crippen LogP contribution is 2.15. The second kappa shape index (κ2) is 5.20. The Hall–Kier alpha value is -0.980. The molecular weight excluding hydrogens is 214 g/mol. The molecule has 6 heteroatoms. The number of aliphatic hydroxyl groups excluding tert-OH is 1. The van der Waals surface area contributed by atoms with Crippen LogP contribution in [0.25, 0.3) is 0 Å². The molecule has 1 aromatic heterocycles. The summed E-state index contributed by atoms with van der Waals surface area (Å²) in [5.74, 6) is -0.714. The van der Waals surface area contributed by atoms with Crippen LogP contribution in [-0.4, -0.2) is 28.6 Å². The number of carbonyl (C=O) groups excluding carboxylic acids is 1. The Bertz CT molecular complexity index is 332. The topological polar surface area (TPSA) is 88.2 Å². The third-order valence-electron chi connectivity index (χ3n) is 2.02. The standard InChI is InChI=1S/C9H15N3O2S/c1-5-6(2)15-8(12-5)4-11-3-7(13)9(10)14/h7,11,13H,3-4H2,1-2H3,(H2,10,14). The number of amides is 1. The lowest BCUT2D eigenvalue weighted by Gasteiger charge is -2.06. The van der Waals surface area contributed by atoms with E-state index in [1.165, 1.54) is 4.88 Å². The van der Waals surface area contributed by atoms with E-state index in [-0.39, 0.29) is 6.54 Å². The SMILES string of the molecule is Cc1nc(CNCC(O)C(N)=O)sc1C. The van der Waals surface area contributed by atoms with Gasteiger partial charge in [-0.15, -0.1) is 11.3 Å². The third-order valence-corrected chi connectivity index (χ3v) is 3.09. The fraction of sp³-hybridized carbons (Fsp3) is 0.556. The number of nitrogens with two attached hydrogens (primary N) is 1. The largest absolute Gasteiger partial charge is 0.382 e. The van der Waals surface area contributed by atoms with Gasteiger partial charge in [-0.2, -0.15) is 0 Å². The Labute approximate surface area is 92.3 Å². The number of thiazole rings is 1. The van der Waals surface area contributed by atoms with Crippen molar-refractivity contribution in [3.63, 3.8) is 0 Å². The van der Waals surface area contributed by atoms with Crippen LogP contribution in [0.4, 0.5) is 0 Å². The van der Waals surface area contributed by atoms with Crippen molar-refractivity contribution < 1.29 is 9.90 Å². The van der Waals surface area contributed by atoms with Crippen LogP contribution in [0.1, 0.15) is 15.6 Å². The summed E-state index contributed by atoms with van der Waals surface area (Å²) < 4.78 is 0. The van der Waals surface area contributed by atoms with E-state index in [4.69, 9.17) is 10.8 Å². The molecule has 4 N–H and O–H groups in total. The second-order valence-corrected chi connectivity index (χ2v) is 4.59. The molecule has 84 valence electrons. The van der Waals surface area contributed by atoms with E-state index in [0.717, 1.165) is 10.7 Å². The van der Waals surface area contributed by atoms with Gasteiger partial charge in [0.2, 0.25) is 5.91 Å². The summed E-state index contributed by atoms with van der Waals surface area (Å²) in [6.07, 6.45) is -1.13. The van der Waals surface area contributed by atoms with Crippen LogP contribution < -0.4 is 11.1 Å². The summed E-state index contributed by atoms with van der Waals surface area (Å²) >= 11 is 1.60. The van der Waals surface area contributed by atoms with Gasteiger partial charge in [-0.1, -0.05) is 0 Å². The van der Waals surface area contributed by atoms with E-state index in [0.29, 0.717) is 6.54 Å². The van der Waals surface area contributed by atoms with Crippen LogP contribution in [0.2, 0.25) is 0 Å². The first-order valence-electron chi connectivity index (χ1n) is 4.61. The van der Waals surface area contributed by atoms with Gasteiger partial charge in [0.15, 0.2) is 0 Å². The minimum absolute atomic E-state index is 0.160. The zero-order chi connectivity index (χ0) is 11.4. The van der Waals surface area contributed by atoms with E-state index >= 15 is 0 Å². The number of aromatic nitrogens is 1. The van der Waals surface area contributed by atoms with Crippen LogP contribution in [0.5, 0.6) is 0 Å². The maximum Gasteiger partial charge on any atom is 0.247 e. The Balaban J connectivity index is 2.35. The van der Waals surface area contributed by atoms with Crippen LogP contribution in [-0.2, 0) is 11.3 Å². The van der Waals surface area contributed by atoms with E-state index < -0.39 is 12.0 Å². The Kier molecular flexibility index (Phi) is 4.19. The van der Waals surface area contributed by atoms with Gasteiger partial charge in [0.25, 0.3) is 0 Å². The van der Waals surface area contributed by atoms with E-state index in [9.17, 15) is 4.79 Å². The number of aliphatic hydroxyl groups is 1. The van der Waals surface area contributed by atoms with Crippen LogP contribution in [0.3, 0.4) is 0 Å². The summed E-state index contributed by atoms with van der Waals surface area (Å²) in [4.78, 5) is 16.0. The Morgan fingerprint density at radius 2 is 2.33 bits per heavy atom. The van der Waals surface area contributed by atoms with Gasteiger partial charge in [0, 0.05) is 18.0 Å². The zero-order valence-corrected chi connectivity index (χ0v) is 9.60. The molecule has 1 atom stereocenters. The molecule has 1 unspecified atom stereocenters. The van der Waals surface area contributed by atoms with Crippen molar-refractivity contribution in [3.05, 3.63) is 15.6 Å². The molecule has 0 spiro atoms. The molecule has 0 fully saturated rings. The molecule has 1 heterocycles. The quantitative estimate of drug-likeness (QED) is 0.646. The highest BCUT2D eigenvalue weighted by Gasteiger charge is 2.10. The normalized spacial score (nSPS) is 12.7. The first kappa shape index (κ1) is 12.1. The lowest BCUT2D eigenvalue weighted by molar-refractivity contribution is -0.125.